The minimum atomic E-state index is -8.74. The van der Waals surface area contributed by atoms with Gasteiger partial charge in [-0.1, -0.05) is 25.3 Å². The minimum Gasteiger partial charge on any atom is -0.223 e. The lowest BCUT2D eigenvalue weighted by Gasteiger charge is -2.39. The standard InChI is InChI=1S/C9H8ClF4NS2/c1-3-5-7-8(6-4-2)16-9(15-7)17(10,11,12,13)14/h3-6H,1-2H2/b7-5+,8-6+. The Balaban J connectivity index is 3.72. The monoisotopic (exact) mass is 305 g/mol. The van der Waals surface area contributed by atoms with Crippen LogP contribution in [0.5, 0.6) is 0 Å². The van der Waals surface area contributed by atoms with Crippen molar-refractivity contribution < 1.29 is 15.5 Å². The van der Waals surface area contributed by atoms with Crippen molar-refractivity contribution in [3.05, 3.63) is 35.2 Å². The number of hydrogen-bond acceptors (Lipinski definition) is 2. The number of halogens is 5. The molecule has 0 aliphatic heterocycles. The van der Waals surface area contributed by atoms with Crippen LogP contribution in [-0.4, -0.2) is 4.98 Å². The normalized spacial score (nSPS) is 18.6. The van der Waals surface area contributed by atoms with Gasteiger partial charge in [-0.05, 0) is 12.2 Å². The number of aromatic nitrogens is 1. The highest BCUT2D eigenvalue weighted by Crippen LogP contribution is 3.04. The average molecular weight is 306 g/mol. The quantitative estimate of drug-likeness (QED) is 0.769. The Bertz CT molecular complexity index is 547. The Kier molecular flexibility index (Phi) is 3.02. The Labute approximate surface area is 103 Å². The van der Waals surface area contributed by atoms with Gasteiger partial charge in [0.2, 0.25) is 4.34 Å². The Hall–Kier alpha value is -0.790. The molecule has 0 saturated heterocycles. The molecule has 1 rings (SSSR count). The van der Waals surface area contributed by atoms with Crippen LogP contribution in [0.4, 0.5) is 15.5 Å². The van der Waals surface area contributed by atoms with E-state index < -0.39 is 13.4 Å². The summed E-state index contributed by atoms with van der Waals surface area (Å²) in [7, 11) is -4.56. The minimum absolute atomic E-state index is 0.0452. The fraction of sp³-hybridized carbons (Fsp3) is 0. The van der Waals surface area contributed by atoms with Crippen molar-refractivity contribution in [1.82, 2.24) is 4.98 Å². The first-order valence-corrected chi connectivity index (χ1v) is 7.84. The molecule has 0 amide bonds. The van der Waals surface area contributed by atoms with Gasteiger partial charge < -0.3 is 0 Å². The van der Waals surface area contributed by atoms with E-state index in [1.807, 2.05) is 0 Å². The fourth-order valence-corrected chi connectivity index (χ4v) is 3.22. The molecule has 0 N–H and O–H groups in total. The molecule has 0 fully saturated rings. The van der Waals surface area contributed by atoms with Crippen molar-refractivity contribution in [2.75, 3.05) is 0 Å². The van der Waals surface area contributed by atoms with Gasteiger partial charge in [-0.2, -0.15) is 0 Å². The van der Waals surface area contributed by atoms with Crippen molar-refractivity contribution >= 4 is 43.2 Å². The van der Waals surface area contributed by atoms with Gasteiger partial charge in [0, 0.05) is 10.7 Å². The zero-order valence-corrected chi connectivity index (χ0v) is 10.8. The molecular formula is C9H8ClF4NS2. The van der Waals surface area contributed by atoms with E-state index in [4.69, 9.17) is 0 Å². The molecule has 0 aromatic carbocycles. The first-order valence-electron chi connectivity index (χ1n) is 4.14. The maximum Gasteiger partial charge on any atom is 0.276 e. The summed E-state index contributed by atoms with van der Waals surface area (Å²) in [6, 6.07) is 0. The topological polar surface area (TPSA) is 12.9 Å². The molecule has 17 heavy (non-hydrogen) atoms. The fourth-order valence-electron chi connectivity index (χ4n) is 0.945. The van der Waals surface area contributed by atoms with Crippen molar-refractivity contribution in [3.8, 4) is 0 Å². The molecule has 1 nitrogen and oxygen atoms in total. The molecule has 0 aliphatic rings. The van der Waals surface area contributed by atoms with Crippen molar-refractivity contribution in [1.29, 1.82) is 0 Å². The highest BCUT2D eigenvalue weighted by atomic mass is 35.7. The van der Waals surface area contributed by atoms with Gasteiger partial charge in [0.15, 0.2) is 0 Å². The molecule has 96 valence electrons. The number of hydrogen-bond donors (Lipinski definition) is 0. The number of rotatable bonds is 3. The summed E-state index contributed by atoms with van der Waals surface area (Å²) >= 11 is 0.132. The molecule has 1 heterocycles. The van der Waals surface area contributed by atoms with Crippen LogP contribution in [0.25, 0.3) is 12.2 Å². The van der Waals surface area contributed by atoms with Gasteiger partial charge in [0.05, 0.1) is 9.88 Å². The Morgan fingerprint density at radius 2 is 1.65 bits per heavy atom. The van der Waals surface area contributed by atoms with Crippen LogP contribution in [0, 0.1) is 0 Å². The smallest absolute Gasteiger partial charge is 0.223 e. The number of nitrogens with zero attached hydrogens (tertiary/aromatic N) is 1. The largest absolute Gasteiger partial charge is 0.276 e. The molecule has 8 heteroatoms. The second-order valence-corrected chi connectivity index (χ2v) is 8.48. The van der Waals surface area contributed by atoms with Gasteiger partial charge in [0.25, 0.3) is 9.05 Å². The third-order valence-corrected chi connectivity index (χ3v) is 5.09. The second-order valence-electron chi connectivity index (χ2n) is 3.00. The summed E-state index contributed by atoms with van der Waals surface area (Å²) in [5, 5.41) is -0.0452. The van der Waals surface area contributed by atoms with Crippen LogP contribution in [0.3, 0.4) is 0 Å². The predicted molar refractivity (Wildman–Crippen MR) is 66.8 cm³/mol. The maximum absolute atomic E-state index is 12.9. The van der Waals surface area contributed by atoms with E-state index in [2.05, 4.69) is 28.8 Å². The number of allylic oxidation sites excluding steroid dienone is 2. The van der Waals surface area contributed by atoms with E-state index in [0.717, 1.165) is 0 Å². The van der Waals surface area contributed by atoms with Gasteiger partial charge in [-0.15, -0.1) is 26.9 Å². The molecule has 0 spiro atoms. The van der Waals surface area contributed by atoms with Crippen molar-refractivity contribution in [3.63, 3.8) is 0 Å². The van der Waals surface area contributed by atoms with E-state index in [-0.39, 0.29) is 21.2 Å². The summed E-state index contributed by atoms with van der Waals surface area (Å²) in [4.78, 5) is 3.17. The molecule has 0 aliphatic carbocycles. The van der Waals surface area contributed by atoms with Gasteiger partial charge in [-0.25, -0.2) is 4.98 Å². The zero-order chi connectivity index (χ0) is 13.4. The van der Waals surface area contributed by atoms with E-state index in [0.29, 0.717) is 0 Å². The number of thiazole rings is 1. The Morgan fingerprint density at radius 1 is 1.12 bits per heavy atom. The van der Waals surface area contributed by atoms with Crippen LogP contribution >= 0.6 is 31.1 Å². The highest BCUT2D eigenvalue weighted by molar-refractivity contribution is 8.66. The summed E-state index contributed by atoms with van der Waals surface area (Å²) < 4.78 is 50.1. The van der Waals surface area contributed by atoms with Crippen LogP contribution < -0.4 is 9.88 Å². The summed E-state index contributed by atoms with van der Waals surface area (Å²) in [5.41, 5.74) is 0. The molecule has 0 saturated carbocycles. The lowest BCUT2D eigenvalue weighted by molar-refractivity contribution is 0.478. The third-order valence-electron chi connectivity index (χ3n) is 1.54. The molecular weight excluding hydrogens is 298 g/mol. The zero-order valence-electron chi connectivity index (χ0n) is 8.38. The molecule has 0 unspecified atom stereocenters. The first kappa shape index (κ1) is 14.3. The van der Waals surface area contributed by atoms with Crippen LogP contribution in [0.1, 0.15) is 0 Å². The summed E-state index contributed by atoms with van der Waals surface area (Å²) in [6.07, 6.45) is 5.05. The van der Waals surface area contributed by atoms with E-state index in [9.17, 15) is 15.5 Å². The van der Waals surface area contributed by atoms with Crippen molar-refractivity contribution in [2.24, 2.45) is 0 Å². The molecule has 0 radical (unpaired) electrons. The summed E-state index contributed by atoms with van der Waals surface area (Å²) in [6.45, 7) is 6.68. The third kappa shape index (κ3) is 3.58. The van der Waals surface area contributed by atoms with E-state index >= 15 is 0 Å². The van der Waals surface area contributed by atoms with Gasteiger partial charge in [-0.3, -0.25) is 0 Å². The van der Waals surface area contributed by atoms with E-state index in [1.165, 1.54) is 24.3 Å². The van der Waals surface area contributed by atoms with Crippen LogP contribution in [0.15, 0.2) is 29.6 Å². The maximum atomic E-state index is 12.9. The lowest BCUT2D eigenvalue weighted by Crippen LogP contribution is -2.20. The first-order chi connectivity index (χ1) is 7.47. The van der Waals surface area contributed by atoms with Crippen molar-refractivity contribution in [2.45, 2.75) is 4.34 Å². The van der Waals surface area contributed by atoms with E-state index in [1.54, 1.807) is 0 Å². The molecule has 0 bridgehead atoms. The van der Waals surface area contributed by atoms with Gasteiger partial charge in [0.1, 0.15) is 0 Å². The van der Waals surface area contributed by atoms with Crippen LogP contribution in [0.2, 0.25) is 0 Å². The summed E-state index contributed by atoms with van der Waals surface area (Å²) in [5.74, 6) is 0. The van der Waals surface area contributed by atoms with Gasteiger partial charge >= 0.3 is 0 Å². The molecule has 0 atom stereocenters. The van der Waals surface area contributed by atoms with Crippen LogP contribution in [-0.2, 0) is 0 Å². The Morgan fingerprint density at radius 3 is 2.06 bits per heavy atom. The molecule has 1 aromatic rings. The predicted octanol–water partition coefficient (Wildman–Crippen LogP) is 4.00. The average Bonchev–Trinajstić information content (AvgIpc) is 2.48. The second kappa shape index (κ2) is 3.60. The lowest BCUT2D eigenvalue weighted by atomic mass is 10.4. The molecule has 1 aromatic heterocycles. The highest BCUT2D eigenvalue weighted by Gasteiger charge is 2.65. The SMILES string of the molecule is C=C/C=c1/nc(S(F)(F)(F)(F)Cl)s/c1=C/C=C.